The Labute approximate surface area is 94.6 Å². The van der Waals surface area contributed by atoms with Gasteiger partial charge < -0.3 is 4.74 Å². The van der Waals surface area contributed by atoms with Gasteiger partial charge in [-0.3, -0.25) is 14.6 Å². The minimum Gasteiger partial charge on any atom is -0.468 e. The fraction of sp³-hybridized carbons (Fsp3) is 0.500. The van der Waals surface area contributed by atoms with Crippen molar-refractivity contribution in [2.24, 2.45) is 0 Å². The third kappa shape index (κ3) is 2.96. The molecule has 1 unspecified atom stereocenters. The number of nitrogens with zero attached hydrogens (tertiary/aromatic N) is 1. The van der Waals surface area contributed by atoms with Crippen LogP contribution in [0.4, 0.5) is 0 Å². The number of carbonyl (C=O) groups is 1. The standard InChI is InChI=1S/C8H11N3O4S/c1-3-4(7(13)15-2)16-6-5(12)9-8(14)11-10-6/h4H,3H2,1-2H3,(H2,9,11,12,14). The van der Waals surface area contributed by atoms with Crippen LogP contribution in [0.1, 0.15) is 13.3 Å². The summed E-state index contributed by atoms with van der Waals surface area (Å²) < 4.78 is 4.57. The topological polar surface area (TPSA) is 105 Å². The number of nitrogens with one attached hydrogen (secondary N) is 2. The highest BCUT2D eigenvalue weighted by Crippen LogP contribution is 2.20. The first-order valence-electron chi connectivity index (χ1n) is 4.52. The van der Waals surface area contributed by atoms with Crippen molar-refractivity contribution in [2.75, 3.05) is 7.11 Å². The normalized spacial score (nSPS) is 12.1. The van der Waals surface area contributed by atoms with Gasteiger partial charge in [-0.1, -0.05) is 18.7 Å². The monoisotopic (exact) mass is 245 g/mol. The molecule has 0 saturated heterocycles. The van der Waals surface area contributed by atoms with Gasteiger partial charge in [0.25, 0.3) is 5.56 Å². The van der Waals surface area contributed by atoms with Crippen molar-refractivity contribution in [3.63, 3.8) is 0 Å². The maximum absolute atomic E-state index is 11.3. The van der Waals surface area contributed by atoms with E-state index in [0.717, 1.165) is 11.8 Å². The first-order chi connectivity index (χ1) is 7.58. The Morgan fingerprint density at radius 3 is 2.75 bits per heavy atom. The number of aromatic amines is 2. The molecule has 0 saturated carbocycles. The number of hydrogen-bond acceptors (Lipinski definition) is 6. The predicted molar refractivity (Wildman–Crippen MR) is 57.4 cm³/mol. The molecule has 0 bridgehead atoms. The third-order valence-electron chi connectivity index (χ3n) is 1.77. The molecule has 1 rings (SSSR count). The highest BCUT2D eigenvalue weighted by Gasteiger charge is 2.20. The molecule has 1 aromatic rings. The Bertz CT molecular complexity index is 481. The molecule has 1 aromatic heterocycles. The molecule has 16 heavy (non-hydrogen) atoms. The molecule has 8 heteroatoms. The lowest BCUT2D eigenvalue weighted by Gasteiger charge is -2.09. The Hall–Kier alpha value is -1.57. The van der Waals surface area contributed by atoms with Crippen molar-refractivity contribution in [3.8, 4) is 0 Å². The van der Waals surface area contributed by atoms with Gasteiger partial charge in [-0.15, -0.1) is 0 Å². The lowest BCUT2D eigenvalue weighted by Crippen LogP contribution is -2.27. The Balaban J connectivity index is 2.90. The molecule has 1 atom stereocenters. The number of H-pyrrole nitrogens is 2. The van der Waals surface area contributed by atoms with Gasteiger partial charge in [-0.25, -0.2) is 9.89 Å². The number of aromatic nitrogens is 3. The van der Waals surface area contributed by atoms with E-state index in [4.69, 9.17) is 0 Å². The Morgan fingerprint density at radius 1 is 1.56 bits per heavy atom. The number of carbonyl (C=O) groups excluding carboxylic acids is 1. The van der Waals surface area contributed by atoms with Crippen LogP contribution < -0.4 is 11.2 Å². The van der Waals surface area contributed by atoms with Crippen LogP contribution in [0.15, 0.2) is 14.6 Å². The molecule has 1 heterocycles. The second-order valence-electron chi connectivity index (χ2n) is 2.85. The zero-order valence-electron chi connectivity index (χ0n) is 8.77. The zero-order valence-corrected chi connectivity index (χ0v) is 9.59. The van der Waals surface area contributed by atoms with E-state index >= 15 is 0 Å². The molecule has 88 valence electrons. The summed E-state index contributed by atoms with van der Waals surface area (Å²) in [5.41, 5.74) is -1.29. The molecule has 0 aliphatic carbocycles. The molecular formula is C8H11N3O4S. The molecule has 0 fully saturated rings. The average molecular weight is 245 g/mol. The maximum atomic E-state index is 11.3. The first kappa shape index (κ1) is 12.5. The molecular weight excluding hydrogens is 234 g/mol. The first-order valence-corrected chi connectivity index (χ1v) is 5.40. The van der Waals surface area contributed by atoms with Gasteiger partial charge in [0.05, 0.1) is 7.11 Å². The van der Waals surface area contributed by atoms with Crippen LogP contribution in [0.25, 0.3) is 0 Å². The molecule has 2 N–H and O–H groups in total. The van der Waals surface area contributed by atoms with E-state index in [1.54, 1.807) is 6.92 Å². The fourth-order valence-electron chi connectivity index (χ4n) is 0.981. The van der Waals surface area contributed by atoms with Crippen LogP contribution in [-0.2, 0) is 9.53 Å². The summed E-state index contributed by atoms with van der Waals surface area (Å²) in [4.78, 5) is 35.3. The van der Waals surface area contributed by atoms with E-state index in [0.29, 0.717) is 6.42 Å². The van der Waals surface area contributed by atoms with Crippen LogP contribution in [0.2, 0.25) is 0 Å². The SMILES string of the molecule is CCC(Sc1n[nH]c(=O)[nH]c1=O)C(=O)OC. The summed E-state index contributed by atoms with van der Waals surface area (Å²) in [7, 11) is 1.27. The van der Waals surface area contributed by atoms with Gasteiger partial charge in [-0.05, 0) is 6.42 Å². The van der Waals surface area contributed by atoms with Crippen LogP contribution in [-0.4, -0.2) is 33.5 Å². The number of methoxy groups -OCH3 is 1. The quantitative estimate of drug-likeness (QED) is 0.547. The van der Waals surface area contributed by atoms with Crippen molar-refractivity contribution >= 4 is 17.7 Å². The molecule has 0 radical (unpaired) electrons. The van der Waals surface area contributed by atoms with Gasteiger partial charge >= 0.3 is 11.7 Å². The highest BCUT2D eigenvalue weighted by molar-refractivity contribution is 8.00. The number of esters is 1. The average Bonchev–Trinajstić information content (AvgIpc) is 2.27. The van der Waals surface area contributed by atoms with Gasteiger partial charge in [0, 0.05) is 0 Å². The summed E-state index contributed by atoms with van der Waals surface area (Å²) in [5, 5.41) is 5.18. The van der Waals surface area contributed by atoms with E-state index in [1.165, 1.54) is 7.11 Å². The predicted octanol–water partition coefficient (Wildman–Crippen LogP) is -0.498. The van der Waals surface area contributed by atoms with Crippen LogP contribution in [0, 0.1) is 0 Å². The van der Waals surface area contributed by atoms with Crippen LogP contribution in [0.3, 0.4) is 0 Å². The minimum absolute atomic E-state index is 0.0388. The summed E-state index contributed by atoms with van der Waals surface area (Å²) in [6.45, 7) is 1.79. The van der Waals surface area contributed by atoms with Crippen LogP contribution >= 0.6 is 11.8 Å². The Kier molecular flexibility index (Phi) is 4.29. The van der Waals surface area contributed by atoms with Gasteiger partial charge in [0.2, 0.25) is 0 Å². The van der Waals surface area contributed by atoms with E-state index < -0.39 is 22.5 Å². The van der Waals surface area contributed by atoms with Crippen LogP contribution in [0.5, 0.6) is 0 Å². The molecule has 0 aliphatic rings. The summed E-state index contributed by atoms with van der Waals surface area (Å²) in [5.74, 6) is -0.431. The van der Waals surface area contributed by atoms with Crippen molar-refractivity contribution in [2.45, 2.75) is 23.6 Å². The molecule has 0 aliphatic heterocycles. The zero-order chi connectivity index (χ0) is 12.1. The maximum Gasteiger partial charge on any atom is 0.342 e. The molecule has 0 aromatic carbocycles. The van der Waals surface area contributed by atoms with Gasteiger partial charge in [0.15, 0.2) is 5.03 Å². The van der Waals surface area contributed by atoms with E-state index in [1.807, 2.05) is 4.98 Å². The van der Waals surface area contributed by atoms with E-state index in [-0.39, 0.29) is 5.03 Å². The smallest absolute Gasteiger partial charge is 0.342 e. The number of thioether (sulfide) groups is 1. The van der Waals surface area contributed by atoms with Crippen molar-refractivity contribution < 1.29 is 9.53 Å². The number of ether oxygens (including phenoxy) is 1. The number of hydrogen-bond donors (Lipinski definition) is 2. The Morgan fingerprint density at radius 2 is 2.25 bits per heavy atom. The van der Waals surface area contributed by atoms with E-state index in [2.05, 4.69) is 14.9 Å². The van der Waals surface area contributed by atoms with Gasteiger partial charge in [0.1, 0.15) is 5.25 Å². The summed E-state index contributed by atoms with van der Waals surface area (Å²) in [6.07, 6.45) is 0.498. The third-order valence-corrected chi connectivity index (χ3v) is 3.08. The lowest BCUT2D eigenvalue weighted by atomic mass is 10.3. The molecule has 7 nitrogen and oxygen atoms in total. The van der Waals surface area contributed by atoms with Crippen molar-refractivity contribution in [3.05, 3.63) is 20.8 Å². The lowest BCUT2D eigenvalue weighted by molar-refractivity contribution is -0.140. The fourth-order valence-corrected chi connectivity index (χ4v) is 1.87. The summed E-state index contributed by atoms with van der Waals surface area (Å²) in [6, 6.07) is 0. The minimum atomic E-state index is -0.680. The largest absolute Gasteiger partial charge is 0.468 e. The number of rotatable bonds is 4. The molecule has 0 spiro atoms. The second kappa shape index (κ2) is 5.50. The van der Waals surface area contributed by atoms with Crippen molar-refractivity contribution in [1.82, 2.24) is 15.2 Å². The van der Waals surface area contributed by atoms with Gasteiger partial charge in [-0.2, -0.15) is 5.10 Å². The molecule has 0 amide bonds. The second-order valence-corrected chi connectivity index (χ2v) is 4.04. The van der Waals surface area contributed by atoms with E-state index in [9.17, 15) is 14.4 Å². The summed E-state index contributed by atoms with van der Waals surface area (Å²) >= 11 is 0.957. The van der Waals surface area contributed by atoms with Crippen molar-refractivity contribution in [1.29, 1.82) is 0 Å². The highest BCUT2D eigenvalue weighted by atomic mass is 32.2.